The van der Waals surface area contributed by atoms with E-state index >= 15 is 0 Å². The van der Waals surface area contributed by atoms with E-state index in [0.29, 0.717) is 11.4 Å². The lowest BCUT2D eigenvalue weighted by molar-refractivity contribution is 0.0610. The van der Waals surface area contributed by atoms with E-state index in [9.17, 15) is 4.79 Å². The lowest BCUT2D eigenvalue weighted by atomic mass is 10.0. The zero-order chi connectivity index (χ0) is 15.5. The summed E-state index contributed by atoms with van der Waals surface area (Å²) in [6.45, 7) is 2.76. The molecule has 1 fully saturated rings. The van der Waals surface area contributed by atoms with E-state index in [1.54, 1.807) is 36.8 Å². The zero-order valence-electron chi connectivity index (χ0n) is 12.8. The van der Waals surface area contributed by atoms with E-state index in [1.807, 2.05) is 17.2 Å². The number of ether oxygens (including phenoxy) is 1. The van der Waals surface area contributed by atoms with Gasteiger partial charge in [-0.05, 0) is 32.3 Å². The molecule has 0 aromatic carbocycles. The first-order valence-corrected chi connectivity index (χ1v) is 8.30. The van der Waals surface area contributed by atoms with Crippen LogP contribution in [0, 0.1) is 6.92 Å². The Morgan fingerprint density at radius 3 is 2.91 bits per heavy atom. The molecule has 0 N–H and O–H groups in total. The number of pyridine rings is 1. The Morgan fingerprint density at radius 1 is 1.41 bits per heavy atom. The molecule has 1 atom stereocenters. The Bertz CT molecular complexity index is 654. The number of carbonyl (C=O) groups is 1. The summed E-state index contributed by atoms with van der Waals surface area (Å²) >= 11 is 1.64. The molecule has 0 spiro atoms. The first-order valence-electron chi connectivity index (χ1n) is 7.42. The molecule has 2 aromatic rings. The van der Waals surface area contributed by atoms with Crippen molar-refractivity contribution in [2.45, 2.75) is 32.2 Å². The van der Waals surface area contributed by atoms with Gasteiger partial charge in [0.05, 0.1) is 18.7 Å². The Morgan fingerprint density at radius 2 is 2.27 bits per heavy atom. The van der Waals surface area contributed by atoms with Crippen molar-refractivity contribution in [1.29, 1.82) is 0 Å². The van der Waals surface area contributed by atoms with Gasteiger partial charge in [-0.2, -0.15) is 0 Å². The van der Waals surface area contributed by atoms with Crippen LogP contribution in [0.2, 0.25) is 0 Å². The smallest absolute Gasteiger partial charge is 0.256 e. The van der Waals surface area contributed by atoms with E-state index in [-0.39, 0.29) is 11.9 Å². The predicted octanol–water partition coefficient (Wildman–Crippen LogP) is 3.22. The largest absolute Gasteiger partial charge is 0.481 e. The third-order valence-corrected chi connectivity index (χ3v) is 4.94. The van der Waals surface area contributed by atoms with Gasteiger partial charge in [0.25, 0.3) is 5.91 Å². The second-order valence-electron chi connectivity index (χ2n) is 5.43. The first-order chi connectivity index (χ1) is 10.7. The number of methoxy groups -OCH3 is 1. The number of hydrogen-bond acceptors (Lipinski definition) is 5. The van der Waals surface area contributed by atoms with Crippen LogP contribution in [0.25, 0.3) is 0 Å². The minimum absolute atomic E-state index is 0.0210. The SMILES string of the molecule is COc1ccc(C(=O)N2CCCC[C@H]2c2nc(C)cs2)cn1. The van der Waals surface area contributed by atoms with Gasteiger partial charge in [0, 0.05) is 29.9 Å². The van der Waals surface area contributed by atoms with Crippen LogP contribution in [0.3, 0.4) is 0 Å². The molecule has 1 aliphatic rings. The number of likely N-dealkylation sites (tertiary alicyclic amines) is 1. The third-order valence-electron chi connectivity index (χ3n) is 3.88. The topological polar surface area (TPSA) is 55.3 Å². The minimum atomic E-state index is 0.0210. The predicted molar refractivity (Wildman–Crippen MR) is 85.3 cm³/mol. The van der Waals surface area contributed by atoms with Crippen molar-refractivity contribution in [1.82, 2.24) is 14.9 Å². The molecule has 0 bridgehead atoms. The summed E-state index contributed by atoms with van der Waals surface area (Å²) in [7, 11) is 1.56. The quantitative estimate of drug-likeness (QED) is 0.872. The van der Waals surface area contributed by atoms with E-state index in [0.717, 1.165) is 36.5 Å². The summed E-state index contributed by atoms with van der Waals surface area (Å²) in [4.78, 5) is 23.5. The number of carbonyl (C=O) groups excluding carboxylic acids is 1. The van der Waals surface area contributed by atoms with Crippen molar-refractivity contribution in [3.63, 3.8) is 0 Å². The standard InChI is InChI=1S/C16H19N3O2S/c1-11-10-22-15(18-11)13-5-3-4-8-19(13)16(20)12-6-7-14(21-2)17-9-12/h6-7,9-10,13H,3-5,8H2,1-2H3/t13-/m0/s1. The summed E-state index contributed by atoms with van der Waals surface area (Å²) in [5.74, 6) is 0.537. The van der Waals surface area contributed by atoms with Gasteiger partial charge in [-0.25, -0.2) is 9.97 Å². The van der Waals surface area contributed by atoms with Gasteiger partial charge in [0.1, 0.15) is 5.01 Å². The maximum atomic E-state index is 12.8. The second-order valence-corrected chi connectivity index (χ2v) is 6.32. The van der Waals surface area contributed by atoms with Gasteiger partial charge < -0.3 is 9.64 Å². The van der Waals surface area contributed by atoms with Crippen LogP contribution in [0.1, 0.15) is 46.4 Å². The average Bonchev–Trinajstić information content (AvgIpc) is 3.00. The highest BCUT2D eigenvalue weighted by molar-refractivity contribution is 7.09. The molecule has 22 heavy (non-hydrogen) atoms. The molecule has 0 unspecified atom stereocenters. The molecule has 1 saturated heterocycles. The van der Waals surface area contributed by atoms with Gasteiger partial charge in [-0.1, -0.05) is 0 Å². The number of rotatable bonds is 3. The monoisotopic (exact) mass is 317 g/mol. The molecule has 1 aliphatic heterocycles. The maximum Gasteiger partial charge on any atom is 0.256 e. The molecule has 0 radical (unpaired) electrons. The van der Waals surface area contributed by atoms with Crippen molar-refractivity contribution in [3.8, 4) is 5.88 Å². The summed E-state index contributed by atoms with van der Waals surface area (Å²) in [6, 6.07) is 3.58. The number of aromatic nitrogens is 2. The van der Waals surface area contributed by atoms with Gasteiger partial charge in [0.15, 0.2) is 0 Å². The number of amides is 1. The van der Waals surface area contributed by atoms with E-state index in [1.165, 1.54) is 0 Å². The van der Waals surface area contributed by atoms with Crippen LogP contribution in [0.5, 0.6) is 5.88 Å². The van der Waals surface area contributed by atoms with Crippen molar-refractivity contribution in [2.75, 3.05) is 13.7 Å². The van der Waals surface area contributed by atoms with Crippen LogP contribution in [0.15, 0.2) is 23.7 Å². The Kier molecular flexibility index (Phi) is 4.38. The average molecular weight is 317 g/mol. The summed E-state index contributed by atoms with van der Waals surface area (Å²) < 4.78 is 5.04. The van der Waals surface area contributed by atoms with E-state index < -0.39 is 0 Å². The van der Waals surface area contributed by atoms with Gasteiger partial charge in [-0.3, -0.25) is 4.79 Å². The van der Waals surface area contributed by atoms with Crippen molar-refractivity contribution in [2.24, 2.45) is 0 Å². The molecular formula is C16H19N3O2S. The molecule has 3 heterocycles. The maximum absolute atomic E-state index is 12.8. The lowest BCUT2D eigenvalue weighted by Crippen LogP contribution is -2.38. The summed E-state index contributed by atoms with van der Waals surface area (Å²) in [5, 5.41) is 3.08. The highest BCUT2D eigenvalue weighted by Gasteiger charge is 2.30. The molecule has 0 aliphatic carbocycles. The lowest BCUT2D eigenvalue weighted by Gasteiger charge is -2.34. The molecule has 3 rings (SSSR count). The number of thiazole rings is 1. The van der Waals surface area contributed by atoms with Gasteiger partial charge in [0.2, 0.25) is 5.88 Å². The van der Waals surface area contributed by atoms with Crippen molar-refractivity contribution >= 4 is 17.2 Å². The van der Waals surface area contributed by atoms with Crippen LogP contribution >= 0.6 is 11.3 Å². The summed E-state index contributed by atoms with van der Waals surface area (Å²) in [6.07, 6.45) is 4.73. The molecule has 116 valence electrons. The van der Waals surface area contributed by atoms with Crippen LogP contribution in [-0.4, -0.2) is 34.4 Å². The third kappa shape index (κ3) is 2.97. The molecule has 1 amide bonds. The molecular weight excluding hydrogens is 298 g/mol. The minimum Gasteiger partial charge on any atom is -0.481 e. The first kappa shape index (κ1) is 15.0. The normalized spacial score (nSPS) is 18.3. The number of hydrogen-bond donors (Lipinski definition) is 0. The number of nitrogens with zero attached hydrogens (tertiary/aromatic N) is 3. The van der Waals surface area contributed by atoms with Crippen LogP contribution in [-0.2, 0) is 0 Å². The Labute approximate surface area is 134 Å². The Balaban J connectivity index is 1.84. The fourth-order valence-corrected chi connectivity index (χ4v) is 3.69. The molecule has 2 aromatic heterocycles. The highest BCUT2D eigenvalue weighted by Crippen LogP contribution is 2.33. The molecule has 5 nitrogen and oxygen atoms in total. The van der Waals surface area contributed by atoms with Crippen molar-refractivity contribution in [3.05, 3.63) is 40.0 Å². The second kappa shape index (κ2) is 6.44. The van der Waals surface area contributed by atoms with Crippen molar-refractivity contribution < 1.29 is 9.53 Å². The fourth-order valence-electron chi connectivity index (χ4n) is 2.75. The highest BCUT2D eigenvalue weighted by atomic mass is 32.1. The van der Waals surface area contributed by atoms with E-state index in [4.69, 9.17) is 4.74 Å². The van der Waals surface area contributed by atoms with Gasteiger partial charge >= 0.3 is 0 Å². The zero-order valence-corrected chi connectivity index (χ0v) is 13.6. The van der Waals surface area contributed by atoms with Crippen LogP contribution in [0.4, 0.5) is 0 Å². The molecule has 6 heteroatoms. The van der Waals surface area contributed by atoms with Gasteiger partial charge in [-0.15, -0.1) is 11.3 Å². The molecule has 0 saturated carbocycles. The van der Waals surface area contributed by atoms with E-state index in [2.05, 4.69) is 9.97 Å². The fraction of sp³-hybridized carbons (Fsp3) is 0.438. The Hall–Kier alpha value is -1.95. The number of aryl methyl sites for hydroxylation is 1. The number of piperidine rings is 1. The van der Waals surface area contributed by atoms with Crippen LogP contribution < -0.4 is 4.74 Å². The summed E-state index contributed by atoms with van der Waals surface area (Å²) in [5.41, 5.74) is 1.62.